The molecule has 3 aromatic rings. The van der Waals surface area contributed by atoms with E-state index in [1.807, 2.05) is 26.0 Å². The number of nitrogens with one attached hydrogen (secondary N) is 1. The SMILES string of the molecule is Cc1cc(C(C)Nc2ccccc2C(=O)O)c2ccc(C#N)nc2c1. The Morgan fingerprint density at radius 1 is 1.24 bits per heavy atom. The van der Waals surface area contributed by atoms with Gasteiger partial charge in [-0.2, -0.15) is 5.26 Å². The average molecular weight is 331 g/mol. The lowest BCUT2D eigenvalue weighted by atomic mass is 9.98. The fourth-order valence-corrected chi connectivity index (χ4v) is 2.94. The molecule has 1 atom stereocenters. The molecule has 1 aromatic heterocycles. The van der Waals surface area contributed by atoms with Crippen LogP contribution in [-0.2, 0) is 0 Å². The van der Waals surface area contributed by atoms with Crippen LogP contribution in [-0.4, -0.2) is 16.1 Å². The fourth-order valence-electron chi connectivity index (χ4n) is 2.94. The highest BCUT2D eigenvalue weighted by Gasteiger charge is 2.15. The highest BCUT2D eigenvalue weighted by Crippen LogP contribution is 2.29. The van der Waals surface area contributed by atoms with E-state index in [0.717, 1.165) is 22.0 Å². The van der Waals surface area contributed by atoms with Gasteiger partial charge in [0.05, 0.1) is 11.1 Å². The number of para-hydroxylation sites is 1. The van der Waals surface area contributed by atoms with Gasteiger partial charge in [-0.15, -0.1) is 0 Å². The van der Waals surface area contributed by atoms with Gasteiger partial charge in [-0.05, 0) is 55.3 Å². The molecule has 0 spiro atoms. The summed E-state index contributed by atoms with van der Waals surface area (Å²) in [6, 6.07) is 16.3. The molecule has 25 heavy (non-hydrogen) atoms. The van der Waals surface area contributed by atoms with Crippen LogP contribution in [0.3, 0.4) is 0 Å². The molecule has 2 aromatic carbocycles. The van der Waals surface area contributed by atoms with Crippen LogP contribution >= 0.6 is 0 Å². The van der Waals surface area contributed by atoms with Gasteiger partial charge >= 0.3 is 5.97 Å². The summed E-state index contributed by atoms with van der Waals surface area (Å²) in [4.78, 5) is 15.8. The quantitative estimate of drug-likeness (QED) is 0.745. The number of carbonyl (C=O) groups is 1. The maximum atomic E-state index is 11.4. The topological polar surface area (TPSA) is 86.0 Å². The molecule has 1 heterocycles. The molecular weight excluding hydrogens is 314 g/mol. The van der Waals surface area contributed by atoms with E-state index < -0.39 is 5.97 Å². The van der Waals surface area contributed by atoms with Crippen LogP contribution in [0, 0.1) is 18.3 Å². The number of benzene rings is 2. The molecule has 2 N–H and O–H groups in total. The number of aromatic carboxylic acids is 1. The number of fused-ring (bicyclic) bond motifs is 1. The molecule has 0 amide bonds. The lowest BCUT2D eigenvalue weighted by Crippen LogP contribution is -2.11. The van der Waals surface area contributed by atoms with E-state index in [-0.39, 0.29) is 11.6 Å². The predicted molar refractivity (Wildman–Crippen MR) is 96.6 cm³/mol. The summed E-state index contributed by atoms with van der Waals surface area (Å²) in [6.45, 7) is 3.95. The molecule has 0 aliphatic rings. The van der Waals surface area contributed by atoms with Crippen LogP contribution < -0.4 is 5.32 Å². The minimum atomic E-state index is -0.968. The molecule has 124 valence electrons. The number of hydrogen-bond acceptors (Lipinski definition) is 4. The van der Waals surface area contributed by atoms with Crippen LogP contribution in [0.5, 0.6) is 0 Å². The Balaban J connectivity index is 2.05. The smallest absolute Gasteiger partial charge is 0.337 e. The van der Waals surface area contributed by atoms with E-state index in [1.165, 1.54) is 0 Å². The Morgan fingerprint density at radius 2 is 2.00 bits per heavy atom. The van der Waals surface area contributed by atoms with Crippen LogP contribution in [0.25, 0.3) is 10.9 Å². The Hall–Kier alpha value is -3.39. The number of nitriles is 1. The first-order valence-electron chi connectivity index (χ1n) is 7.90. The monoisotopic (exact) mass is 331 g/mol. The zero-order valence-electron chi connectivity index (χ0n) is 13.9. The standard InChI is InChI=1S/C20H17N3O2/c1-12-9-17(15-8-7-14(11-21)23-19(15)10-12)13(2)22-18-6-4-3-5-16(18)20(24)25/h3-10,13,22H,1-2H3,(H,24,25). The van der Waals surface area contributed by atoms with Gasteiger partial charge in [0, 0.05) is 17.1 Å². The van der Waals surface area contributed by atoms with E-state index in [0.29, 0.717) is 11.4 Å². The van der Waals surface area contributed by atoms with Gasteiger partial charge in [0.1, 0.15) is 11.8 Å². The Bertz CT molecular complexity index is 1010. The lowest BCUT2D eigenvalue weighted by Gasteiger charge is -2.19. The van der Waals surface area contributed by atoms with Crippen LogP contribution in [0.2, 0.25) is 0 Å². The summed E-state index contributed by atoms with van der Waals surface area (Å²) in [5, 5.41) is 22.6. The minimum Gasteiger partial charge on any atom is -0.478 e. The van der Waals surface area contributed by atoms with E-state index in [1.54, 1.807) is 30.3 Å². The molecule has 5 heteroatoms. The molecule has 0 bridgehead atoms. The van der Waals surface area contributed by atoms with Gasteiger partial charge in [-0.25, -0.2) is 9.78 Å². The summed E-state index contributed by atoms with van der Waals surface area (Å²) < 4.78 is 0. The van der Waals surface area contributed by atoms with Crippen molar-refractivity contribution in [2.24, 2.45) is 0 Å². The number of pyridine rings is 1. The molecular formula is C20H17N3O2. The van der Waals surface area contributed by atoms with Crippen molar-refractivity contribution in [3.05, 3.63) is 70.9 Å². The molecule has 0 aliphatic carbocycles. The highest BCUT2D eigenvalue weighted by molar-refractivity contribution is 5.94. The van der Waals surface area contributed by atoms with Gasteiger partial charge in [-0.3, -0.25) is 0 Å². The summed E-state index contributed by atoms with van der Waals surface area (Å²) >= 11 is 0. The number of nitrogens with zero attached hydrogens (tertiary/aromatic N) is 2. The first-order chi connectivity index (χ1) is 12.0. The normalized spacial score (nSPS) is 11.7. The second-order valence-corrected chi connectivity index (χ2v) is 5.95. The van der Waals surface area contributed by atoms with Crippen molar-refractivity contribution >= 4 is 22.6 Å². The Kier molecular flexibility index (Phi) is 4.36. The summed E-state index contributed by atoms with van der Waals surface area (Å²) in [6.07, 6.45) is 0. The first kappa shape index (κ1) is 16.5. The molecule has 0 aliphatic heterocycles. The number of rotatable bonds is 4. The largest absolute Gasteiger partial charge is 0.478 e. The van der Waals surface area contributed by atoms with E-state index >= 15 is 0 Å². The number of anilines is 1. The van der Waals surface area contributed by atoms with Gasteiger partial charge in [0.25, 0.3) is 0 Å². The van der Waals surface area contributed by atoms with Crippen molar-refractivity contribution in [1.82, 2.24) is 4.98 Å². The van der Waals surface area contributed by atoms with Crippen molar-refractivity contribution < 1.29 is 9.90 Å². The van der Waals surface area contributed by atoms with E-state index in [2.05, 4.69) is 22.4 Å². The Morgan fingerprint density at radius 3 is 2.72 bits per heavy atom. The molecule has 0 radical (unpaired) electrons. The number of carboxylic acid groups (broad SMARTS) is 1. The van der Waals surface area contributed by atoms with Gasteiger partial charge in [0.15, 0.2) is 0 Å². The highest BCUT2D eigenvalue weighted by atomic mass is 16.4. The van der Waals surface area contributed by atoms with Crippen LogP contribution in [0.1, 0.15) is 40.1 Å². The molecule has 5 nitrogen and oxygen atoms in total. The van der Waals surface area contributed by atoms with Crippen LogP contribution in [0.15, 0.2) is 48.5 Å². The second kappa shape index (κ2) is 6.62. The molecule has 1 unspecified atom stereocenters. The molecule has 3 rings (SSSR count). The van der Waals surface area contributed by atoms with Gasteiger partial charge in [-0.1, -0.05) is 18.2 Å². The maximum absolute atomic E-state index is 11.4. The number of hydrogen-bond donors (Lipinski definition) is 2. The number of aromatic nitrogens is 1. The molecule has 0 fully saturated rings. The van der Waals surface area contributed by atoms with Crippen LogP contribution in [0.4, 0.5) is 5.69 Å². The lowest BCUT2D eigenvalue weighted by molar-refractivity contribution is 0.0698. The summed E-state index contributed by atoms with van der Waals surface area (Å²) in [5.74, 6) is -0.968. The summed E-state index contributed by atoms with van der Waals surface area (Å²) in [7, 11) is 0. The van der Waals surface area contributed by atoms with Crippen molar-refractivity contribution in [1.29, 1.82) is 5.26 Å². The second-order valence-electron chi connectivity index (χ2n) is 5.95. The van der Waals surface area contributed by atoms with Crippen molar-refractivity contribution in [2.75, 3.05) is 5.32 Å². The Labute approximate surface area is 145 Å². The fraction of sp³-hybridized carbons (Fsp3) is 0.150. The molecule has 0 saturated carbocycles. The van der Waals surface area contributed by atoms with Crippen molar-refractivity contribution in [3.8, 4) is 6.07 Å². The third-order valence-electron chi connectivity index (χ3n) is 4.09. The predicted octanol–water partition coefficient (Wildman–Crippen LogP) is 4.29. The first-order valence-corrected chi connectivity index (χ1v) is 7.90. The maximum Gasteiger partial charge on any atom is 0.337 e. The average Bonchev–Trinajstić information content (AvgIpc) is 2.60. The van der Waals surface area contributed by atoms with Gasteiger partial charge in [0.2, 0.25) is 0 Å². The zero-order chi connectivity index (χ0) is 18.0. The van der Waals surface area contributed by atoms with E-state index in [9.17, 15) is 9.90 Å². The van der Waals surface area contributed by atoms with E-state index in [4.69, 9.17) is 5.26 Å². The third-order valence-corrected chi connectivity index (χ3v) is 4.09. The van der Waals surface area contributed by atoms with Crippen molar-refractivity contribution in [2.45, 2.75) is 19.9 Å². The summed E-state index contributed by atoms with van der Waals surface area (Å²) in [5.41, 5.74) is 3.97. The number of carboxylic acids is 1. The minimum absolute atomic E-state index is 0.127. The number of aryl methyl sites for hydroxylation is 1. The molecule has 0 saturated heterocycles. The third kappa shape index (κ3) is 3.29. The van der Waals surface area contributed by atoms with Gasteiger partial charge < -0.3 is 10.4 Å². The van der Waals surface area contributed by atoms with Crippen molar-refractivity contribution in [3.63, 3.8) is 0 Å². The zero-order valence-corrected chi connectivity index (χ0v) is 13.9.